The summed E-state index contributed by atoms with van der Waals surface area (Å²) in [6.07, 6.45) is 3.52. The molecule has 0 aromatic heterocycles. The molecule has 0 radical (unpaired) electrons. The Morgan fingerprint density at radius 1 is 1.29 bits per heavy atom. The minimum absolute atomic E-state index is 0.0638. The molecule has 1 heterocycles. The van der Waals surface area contributed by atoms with Gasteiger partial charge >= 0.3 is 0 Å². The number of methoxy groups -OCH3 is 2. The van der Waals surface area contributed by atoms with Crippen LogP contribution in [-0.2, 0) is 9.47 Å². The van der Waals surface area contributed by atoms with Crippen LogP contribution in [0.15, 0.2) is 0 Å². The molecule has 0 aromatic carbocycles. The lowest BCUT2D eigenvalue weighted by atomic mass is 9.95. The topological polar surface area (TPSA) is 33.7 Å². The van der Waals surface area contributed by atoms with Crippen molar-refractivity contribution in [1.82, 2.24) is 10.2 Å². The van der Waals surface area contributed by atoms with Gasteiger partial charge < -0.3 is 14.8 Å². The summed E-state index contributed by atoms with van der Waals surface area (Å²) >= 11 is 0. The predicted octanol–water partition coefficient (Wildman–Crippen LogP) is 1.11. The predicted molar refractivity (Wildman–Crippen MR) is 70.5 cm³/mol. The third kappa shape index (κ3) is 5.82. The third-order valence-corrected chi connectivity index (χ3v) is 3.54. The third-order valence-electron chi connectivity index (χ3n) is 3.54. The quantitative estimate of drug-likeness (QED) is 0.649. The van der Waals surface area contributed by atoms with Crippen LogP contribution in [0.2, 0.25) is 0 Å². The van der Waals surface area contributed by atoms with Crippen molar-refractivity contribution in [2.75, 3.05) is 53.6 Å². The second kappa shape index (κ2) is 8.03. The molecule has 1 aliphatic rings. The van der Waals surface area contributed by atoms with Crippen LogP contribution in [0, 0.1) is 0 Å². The van der Waals surface area contributed by atoms with Crippen molar-refractivity contribution >= 4 is 0 Å². The average Bonchev–Trinajstić information content (AvgIpc) is 2.34. The van der Waals surface area contributed by atoms with Gasteiger partial charge in [-0.05, 0) is 39.3 Å². The Morgan fingerprint density at radius 2 is 2.12 bits per heavy atom. The van der Waals surface area contributed by atoms with Crippen LogP contribution in [0.4, 0.5) is 0 Å². The highest BCUT2D eigenvalue weighted by atomic mass is 16.5. The molecule has 0 aromatic rings. The number of likely N-dealkylation sites (tertiary alicyclic amines) is 1. The molecule has 0 spiro atoms. The Hall–Kier alpha value is -0.160. The van der Waals surface area contributed by atoms with E-state index < -0.39 is 0 Å². The van der Waals surface area contributed by atoms with Crippen molar-refractivity contribution in [1.29, 1.82) is 0 Å². The van der Waals surface area contributed by atoms with Crippen molar-refractivity contribution in [3.63, 3.8) is 0 Å². The van der Waals surface area contributed by atoms with Crippen LogP contribution in [0.1, 0.15) is 26.2 Å². The summed E-state index contributed by atoms with van der Waals surface area (Å²) in [6.45, 7) is 8.55. The number of hydrogen-bond acceptors (Lipinski definition) is 4. The number of piperidine rings is 1. The number of nitrogens with zero attached hydrogens (tertiary/aromatic N) is 1. The molecule has 102 valence electrons. The first-order valence-corrected chi connectivity index (χ1v) is 6.67. The zero-order valence-electron chi connectivity index (χ0n) is 11.6. The van der Waals surface area contributed by atoms with Gasteiger partial charge in [-0.1, -0.05) is 0 Å². The van der Waals surface area contributed by atoms with E-state index in [0.29, 0.717) is 0 Å². The van der Waals surface area contributed by atoms with Crippen molar-refractivity contribution in [3.8, 4) is 0 Å². The summed E-state index contributed by atoms with van der Waals surface area (Å²) < 4.78 is 10.6. The standard InChI is InChI=1S/C13H28N2O2/c1-13(17-3)6-4-9-15(12-13)10-8-14-7-5-11-16-2/h14H,4-12H2,1-3H3. The molecule has 0 bridgehead atoms. The maximum absolute atomic E-state index is 5.59. The second-order valence-corrected chi connectivity index (χ2v) is 5.13. The van der Waals surface area contributed by atoms with Crippen molar-refractivity contribution < 1.29 is 9.47 Å². The van der Waals surface area contributed by atoms with Gasteiger partial charge in [-0.2, -0.15) is 0 Å². The Balaban J connectivity index is 2.06. The molecule has 1 unspecified atom stereocenters. The number of hydrogen-bond donors (Lipinski definition) is 1. The van der Waals surface area contributed by atoms with Crippen LogP contribution in [0.5, 0.6) is 0 Å². The van der Waals surface area contributed by atoms with Crippen LogP contribution in [-0.4, -0.2) is 64.1 Å². The molecule has 1 saturated heterocycles. The lowest BCUT2D eigenvalue weighted by molar-refractivity contribution is -0.0502. The summed E-state index contributed by atoms with van der Waals surface area (Å²) in [5, 5.41) is 3.45. The van der Waals surface area contributed by atoms with E-state index >= 15 is 0 Å². The molecule has 1 N–H and O–H groups in total. The molecule has 1 fully saturated rings. The zero-order chi connectivity index (χ0) is 12.6. The minimum Gasteiger partial charge on any atom is -0.385 e. The lowest BCUT2D eigenvalue weighted by Gasteiger charge is -2.39. The van der Waals surface area contributed by atoms with Crippen LogP contribution in [0.3, 0.4) is 0 Å². The molecular weight excluding hydrogens is 216 g/mol. The molecule has 1 rings (SSSR count). The number of rotatable bonds is 8. The van der Waals surface area contributed by atoms with E-state index in [1.54, 1.807) is 7.11 Å². The van der Waals surface area contributed by atoms with Crippen molar-refractivity contribution in [2.45, 2.75) is 31.8 Å². The summed E-state index contributed by atoms with van der Waals surface area (Å²) in [5.74, 6) is 0. The monoisotopic (exact) mass is 244 g/mol. The van der Waals surface area contributed by atoms with Crippen molar-refractivity contribution in [2.24, 2.45) is 0 Å². The van der Waals surface area contributed by atoms with Crippen molar-refractivity contribution in [3.05, 3.63) is 0 Å². The van der Waals surface area contributed by atoms with Gasteiger partial charge in [0.2, 0.25) is 0 Å². The molecular formula is C13H28N2O2. The summed E-state index contributed by atoms with van der Waals surface area (Å²) in [7, 11) is 3.58. The molecule has 0 aliphatic carbocycles. The minimum atomic E-state index is 0.0638. The molecule has 0 amide bonds. The van der Waals surface area contributed by atoms with Crippen LogP contribution >= 0.6 is 0 Å². The fraction of sp³-hybridized carbons (Fsp3) is 1.00. The number of ether oxygens (including phenoxy) is 2. The normalized spacial score (nSPS) is 26.3. The van der Waals surface area contributed by atoms with Gasteiger partial charge in [0.1, 0.15) is 0 Å². The summed E-state index contributed by atoms with van der Waals surface area (Å²) in [5.41, 5.74) is 0.0638. The molecule has 1 aliphatic heterocycles. The average molecular weight is 244 g/mol. The van der Waals surface area contributed by atoms with E-state index in [2.05, 4.69) is 17.1 Å². The molecule has 17 heavy (non-hydrogen) atoms. The number of nitrogens with one attached hydrogen (secondary N) is 1. The fourth-order valence-electron chi connectivity index (χ4n) is 2.37. The lowest BCUT2D eigenvalue weighted by Crippen LogP contribution is -2.49. The second-order valence-electron chi connectivity index (χ2n) is 5.13. The first kappa shape index (κ1) is 14.9. The Bertz CT molecular complexity index is 202. The van der Waals surface area contributed by atoms with Gasteiger partial charge in [-0.25, -0.2) is 0 Å². The van der Waals surface area contributed by atoms with Crippen LogP contribution < -0.4 is 5.32 Å². The Labute approximate surface area is 106 Å². The van der Waals surface area contributed by atoms with Gasteiger partial charge in [-0.3, -0.25) is 4.90 Å². The van der Waals surface area contributed by atoms with E-state index in [-0.39, 0.29) is 5.60 Å². The van der Waals surface area contributed by atoms with Gasteiger partial charge in [0.05, 0.1) is 5.60 Å². The highest BCUT2D eigenvalue weighted by Gasteiger charge is 2.30. The highest BCUT2D eigenvalue weighted by Crippen LogP contribution is 2.23. The SMILES string of the molecule is COCCCNCCN1CCCC(C)(OC)C1. The first-order valence-electron chi connectivity index (χ1n) is 6.67. The Morgan fingerprint density at radius 3 is 2.82 bits per heavy atom. The van der Waals surface area contributed by atoms with Gasteiger partial charge in [-0.15, -0.1) is 0 Å². The van der Waals surface area contributed by atoms with Gasteiger partial charge in [0.15, 0.2) is 0 Å². The Kier molecular flexibility index (Phi) is 7.04. The molecule has 4 nitrogen and oxygen atoms in total. The fourth-order valence-corrected chi connectivity index (χ4v) is 2.37. The molecule has 4 heteroatoms. The van der Waals surface area contributed by atoms with E-state index in [1.807, 2.05) is 7.11 Å². The maximum atomic E-state index is 5.59. The van der Waals surface area contributed by atoms with Gasteiger partial charge in [0, 0.05) is 40.5 Å². The summed E-state index contributed by atoms with van der Waals surface area (Å²) in [4.78, 5) is 2.50. The van der Waals surface area contributed by atoms with Gasteiger partial charge in [0.25, 0.3) is 0 Å². The maximum Gasteiger partial charge on any atom is 0.0777 e. The smallest absolute Gasteiger partial charge is 0.0777 e. The largest absolute Gasteiger partial charge is 0.385 e. The summed E-state index contributed by atoms with van der Waals surface area (Å²) in [6, 6.07) is 0. The molecule has 1 atom stereocenters. The highest BCUT2D eigenvalue weighted by molar-refractivity contribution is 4.84. The first-order chi connectivity index (χ1) is 8.20. The van der Waals surface area contributed by atoms with E-state index in [4.69, 9.17) is 9.47 Å². The zero-order valence-corrected chi connectivity index (χ0v) is 11.6. The molecule has 0 saturated carbocycles. The van der Waals surface area contributed by atoms with E-state index in [9.17, 15) is 0 Å². The van der Waals surface area contributed by atoms with E-state index in [1.165, 1.54) is 19.4 Å². The van der Waals surface area contributed by atoms with E-state index in [0.717, 1.165) is 39.2 Å². The van der Waals surface area contributed by atoms with Crippen LogP contribution in [0.25, 0.3) is 0 Å².